The summed E-state index contributed by atoms with van der Waals surface area (Å²) >= 11 is 0. The van der Waals surface area contributed by atoms with E-state index >= 15 is 0 Å². The highest BCUT2D eigenvalue weighted by Crippen LogP contribution is 2.64. The van der Waals surface area contributed by atoms with Crippen molar-refractivity contribution in [2.24, 2.45) is 0 Å². The predicted molar refractivity (Wildman–Crippen MR) is 255 cm³/mol. The van der Waals surface area contributed by atoms with Crippen molar-refractivity contribution in [1.29, 1.82) is 0 Å². The van der Waals surface area contributed by atoms with Crippen LogP contribution >= 0.6 is 0 Å². The molecule has 12 rings (SSSR count). The van der Waals surface area contributed by atoms with Gasteiger partial charge in [-0.3, -0.25) is 0 Å². The molecule has 0 bridgehead atoms. The summed E-state index contributed by atoms with van der Waals surface area (Å²) in [7, 11) is 0. The van der Waals surface area contributed by atoms with Crippen LogP contribution in [0.25, 0.3) is 44.5 Å². The van der Waals surface area contributed by atoms with Gasteiger partial charge in [-0.2, -0.15) is 0 Å². The average molecular weight is 777 g/mol. The topological polar surface area (TPSA) is 6.48 Å². The number of benzene rings is 7. The van der Waals surface area contributed by atoms with Crippen molar-refractivity contribution < 1.29 is 0 Å². The van der Waals surface area contributed by atoms with E-state index in [0.717, 1.165) is 0 Å². The van der Waals surface area contributed by atoms with Crippen LogP contribution in [-0.4, -0.2) is 12.4 Å². The first kappa shape index (κ1) is 36.1. The highest BCUT2D eigenvalue weighted by Gasteiger charge is 2.62. The maximum Gasteiger partial charge on any atom is 0.333 e. The molecule has 0 amide bonds. The second-order valence-corrected chi connectivity index (χ2v) is 20.4. The van der Waals surface area contributed by atoms with Gasteiger partial charge in [0.15, 0.2) is 0 Å². The molecule has 0 spiro atoms. The minimum Gasteiger partial charge on any atom is -0.376 e. The van der Waals surface area contributed by atoms with Crippen LogP contribution in [0.4, 0.5) is 22.7 Å². The summed E-state index contributed by atoms with van der Waals surface area (Å²) < 4.78 is 0. The second-order valence-electron chi connectivity index (χ2n) is 20.4. The summed E-state index contributed by atoms with van der Waals surface area (Å²) in [4.78, 5) is 5.65. The third-order valence-electron chi connectivity index (χ3n) is 15.9. The van der Waals surface area contributed by atoms with Crippen molar-refractivity contribution in [1.82, 2.24) is 0 Å². The Kier molecular flexibility index (Phi) is 7.31. The highest BCUT2D eigenvalue weighted by molar-refractivity contribution is 6.94. The molecule has 0 radical (unpaired) electrons. The van der Waals surface area contributed by atoms with Crippen LogP contribution in [0.3, 0.4) is 0 Å². The molecule has 7 aromatic carbocycles. The molecule has 0 aromatic heterocycles. The standard InChI is InChI=1S/C57H53BN2/c1-54(2,3)40-33-46-53-47(34-40)58-52-49(59(53)57(7)31-17-16-30-56(46,57)6)35-45-50(42-22-14-15-23-44(42)55(45,4)5)51(52)43-32-39(37-20-12-9-13-21-37)26-29-48(43)60(58)41-27-24-38(25-28-41)36-18-10-8-11-19-36/h8-15,18-29,32-35H,16-17,30-31H2,1-7H3. The molecule has 7 aromatic rings. The van der Waals surface area contributed by atoms with Crippen molar-refractivity contribution in [3.8, 4) is 44.5 Å². The van der Waals surface area contributed by atoms with Crippen molar-refractivity contribution in [2.45, 2.75) is 95.9 Å². The van der Waals surface area contributed by atoms with Crippen LogP contribution in [0, 0.1) is 0 Å². The van der Waals surface area contributed by atoms with Crippen LogP contribution in [0.5, 0.6) is 0 Å². The van der Waals surface area contributed by atoms with Crippen LogP contribution in [-0.2, 0) is 16.2 Å². The second kappa shape index (κ2) is 12.2. The fraction of sp³-hybridized carbons (Fsp3) is 0.263. The fourth-order valence-electron chi connectivity index (χ4n) is 12.5. The molecular weight excluding hydrogens is 723 g/mol. The molecule has 2 atom stereocenters. The Labute approximate surface area is 357 Å². The third kappa shape index (κ3) is 4.62. The molecule has 3 heterocycles. The fourth-order valence-corrected chi connectivity index (χ4v) is 12.5. The van der Waals surface area contributed by atoms with E-state index in [2.05, 4.69) is 204 Å². The van der Waals surface area contributed by atoms with Gasteiger partial charge in [-0.05, 0) is 128 Å². The molecule has 1 saturated carbocycles. The largest absolute Gasteiger partial charge is 0.376 e. The molecule has 60 heavy (non-hydrogen) atoms. The van der Waals surface area contributed by atoms with Crippen molar-refractivity contribution >= 4 is 40.5 Å². The number of hydrogen-bond acceptors (Lipinski definition) is 2. The molecular formula is C57H53BN2. The van der Waals surface area contributed by atoms with E-state index in [1.165, 1.54) is 121 Å². The molecule has 3 heteroatoms. The van der Waals surface area contributed by atoms with Crippen molar-refractivity contribution in [3.05, 3.63) is 168 Å². The number of rotatable bonds is 3. The van der Waals surface area contributed by atoms with Crippen LogP contribution in [0.2, 0.25) is 0 Å². The molecule has 2 nitrogen and oxygen atoms in total. The molecule has 1 fully saturated rings. The summed E-state index contributed by atoms with van der Waals surface area (Å²) in [6.45, 7) is 17.4. The van der Waals surface area contributed by atoms with E-state index in [1.807, 2.05) is 0 Å². The molecule has 2 unspecified atom stereocenters. The van der Waals surface area contributed by atoms with Gasteiger partial charge in [0.25, 0.3) is 0 Å². The maximum absolute atomic E-state index is 2.92. The van der Waals surface area contributed by atoms with E-state index in [1.54, 1.807) is 5.56 Å². The summed E-state index contributed by atoms with van der Waals surface area (Å²) in [6, 6.07) is 55.8. The van der Waals surface area contributed by atoms with Crippen LogP contribution in [0.15, 0.2) is 146 Å². The van der Waals surface area contributed by atoms with Gasteiger partial charge < -0.3 is 9.71 Å². The SMILES string of the molecule is CC(C)(C)c1cc2c3c(c1)C1(C)CCCCC1(C)N3c1cc3c(c4c1B2N(c1ccc(-c2ccccc2)cc1)c1ccc(-c2ccccc2)cc1-4)-c1ccccc1C3(C)C. The summed E-state index contributed by atoms with van der Waals surface area (Å²) in [6.07, 6.45) is 4.92. The van der Waals surface area contributed by atoms with E-state index in [0.29, 0.717) is 0 Å². The highest BCUT2D eigenvalue weighted by atomic mass is 15.3. The van der Waals surface area contributed by atoms with Gasteiger partial charge in [0.2, 0.25) is 0 Å². The Morgan fingerprint density at radius 1 is 0.533 bits per heavy atom. The first-order chi connectivity index (χ1) is 28.9. The summed E-state index contributed by atoms with van der Waals surface area (Å²) in [5.74, 6) is 0. The van der Waals surface area contributed by atoms with Gasteiger partial charge in [-0.25, -0.2) is 0 Å². The van der Waals surface area contributed by atoms with E-state index in [9.17, 15) is 0 Å². The minimum atomic E-state index is -0.149. The quantitative estimate of drug-likeness (QED) is 0.165. The molecule has 3 aliphatic heterocycles. The van der Waals surface area contributed by atoms with Gasteiger partial charge in [-0.1, -0.05) is 170 Å². The van der Waals surface area contributed by atoms with Crippen molar-refractivity contribution in [3.63, 3.8) is 0 Å². The smallest absolute Gasteiger partial charge is 0.333 e. The van der Waals surface area contributed by atoms with E-state index in [4.69, 9.17) is 0 Å². The van der Waals surface area contributed by atoms with Gasteiger partial charge in [-0.15, -0.1) is 0 Å². The zero-order valence-corrected chi connectivity index (χ0v) is 36.2. The predicted octanol–water partition coefficient (Wildman–Crippen LogP) is 13.6. The Balaban J connectivity index is 1.24. The maximum atomic E-state index is 2.92. The molecule has 5 aliphatic rings. The van der Waals surface area contributed by atoms with E-state index < -0.39 is 0 Å². The monoisotopic (exact) mass is 776 g/mol. The lowest BCUT2D eigenvalue weighted by atomic mass is 9.42. The van der Waals surface area contributed by atoms with Crippen molar-refractivity contribution in [2.75, 3.05) is 9.71 Å². The van der Waals surface area contributed by atoms with Gasteiger partial charge in [0.1, 0.15) is 0 Å². The number of fused-ring (bicyclic) bond motifs is 11. The summed E-state index contributed by atoms with van der Waals surface area (Å²) in [5, 5.41) is 0. The van der Waals surface area contributed by atoms with Gasteiger partial charge >= 0.3 is 6.85 Å². The molecule has 2 aliphatic carbocycles. The molecule has 0 saturated heterocycles. The van der Waals surface area contributed by atoms with Gasteiger partial charge in [0, 0.05) is 39.1 Å². The van der Waals surface area contributed by atoms with Crippen LogP contribution in [0.1, 0.15) is 96.4 Å². The number of nitrogens with zero attached hydrogens (tertiary/aromatic N) is 2. The lowest BCUT2D eigenvalue weighted by Crippen LogP contribution is -2.65. The van der Waals surface area contributed by atoms with Crippen LogP contribution < -0.4 is 20.6 Å². The Morgan fingerprint density at radius 2 is 1.17 bits per heavy atom. The molecule has 294 valence electrons. The zero-order valence-electron chi connectivity index (χ0n) is 36.2. The average Bonchev–Trinajstić information content (AvgIpc) is 3.62. The lowest BCUT2D eigenvalue weighted by molar-refractivity contribution is 0.195. The lowest BCUT2D eigenvalue weighted by Gasteiger charge is -2.53. The first-order valence-corrected chi connectivity index (χ1v) is 22.4. The number of hydrogen-bond donors (Lipinski definition) is 0. The number of anilines is 4. The third-order valence-corrected chi connectivity index (χ3v) is 15.9. The first-order valence-electron chi connectivity index (χ1n) is 22.4. The summed E-state index contributed by atoms with van der Waals surface area (Å²) in [5.41, 5.74) is 24.6. The van der Waals surface area contributed by atoms with Gasteiger partial charge in [0.05, 0.1) is 5.54 Å². The normalized spacial score (nSPS) is 21.1. The molecule has 0 N–H and O–H groups in total. The Bertz CT molecular complexity index is 2920. The van der Waals surface area contributed by atoms with E-state index in [-0.39, 0.29) is 28.6 Å². The Hall–Kier alpha value is -5.80. The minimum absolute atomic E-state index is 0.0102. The Morgan fingerprint density at radius 3 is 1.88 bits per heavy atom. The zero-order chi connectivity index (χ0) is 40.9.